The third kappa shape index (κ3) is 1.57. The van der Waals surface area contributed by atoms with Crippen LogP contribution in [0, 0.1) is 5.41 Å². The second kappa shape index (κ2) is 3.84. The van der Waals surface area contributed by atoms with E-state index in [1.165, 1.54) is 0 Å². The zero-order valence-corrected chi connectivity index (χ0v) is 9.93. The van der Waals surface area contributed by atoms with E-state index in [1.54, 1.807) is 6.20 Å². The van der Waals surface area contributed by atoms with Gasteiger partial charge in [-0.25, -0.2) is 4.98 Å². The first-order chi connectivity index (χ1) is 8.25. The summed E-state index contributed by atoms with van der Waals surface area (Å²) in [6.07, 6.45) is 6.80. The Labute approximate surface area is 101 Å². The van der Waals surface area contributed by atoms with Crippen LogP contribution in [0.25, 0.3) is 0 Å². The monoisotopic (exact) mass is 234 g/mol. The van der Waals surface area contributed by atoms with Crippen molar-refractivity contribution in [2.75, 3.05) is 13.1 Å². The first-order valence-electron chi connectivity index (χ1n) is 6.25. The van der Waals surface area contributed by atoms with Crippen molar-refractivity contribution >= 4 is 5.91 Å². The average molecular weight is 234 g/mol. The van der Waals surface area contributed by atoms with Gasteiger partial charge in [-0.2, -0.15) is 0 Å². The SMILES string of the molecule is NCC1(C(=O)N2CCn3ccnc3C2)CCC1. The Bertz CT molecular complexity index is 430. The van der Waals surface area contributed by atoms with Crippen LogP contribution in [0.1, 0.15) is 25.1 Å². The van der Waals surface area contributed by atoms with Crippen molar-refractivity contribution in [2.24, 2.45) is 11.1 Å². The van der Waals surface area contributed by atoms with Gasteiger partial charge in [0.05, 0.1) is 12.0 Å². The molecule has 0 saturated heterocycles. The summed E-state index contributed by atoms with van der Waals surface area (Å²) >= 11 is 0. The molecule has 1 aliphatic carbocycles. The number of aromatic nitrogens is 2. The van der Waals surface area contributed by atoms with E-state index in [9.17, 15) is 4.79 Å². The Morgan fingerprint density at radius 3 is 2.94 bits per heavy atom. The molecular formula is C12H18N4O. The molecule has 2 heterocycles. The van der Waals surface area contributed by atoms with E-state index in [2.05, 4.69) is 9.55 Å². The van der Waals surface area contributed by atoms with Crippen LogP contribution in [-0.4, -0.2) is 33.4 Å². The number of carbonyl (C=O) groups is 1. The Kier molecular flexibility index (Phi) is 2.43. The van der Waals surface area contributed by atoms with Crippen molar-refractivity contribution in [1.82, 2.24) is 14.5 Å². The molecule has 1 aromatic heterocycles. The lowest BCUT2D eigenvalue weighted by molar-refractivity contribution is -0.148. The molecule has 0 atom stereocenters. The fourth-order valence-electron chi connectivity index (χ4n) is 2.79. The fraction of sp³-hybridized carbons (Fsp3) is 0.667. The highest BCUT2D eigenvalue weighted by Crippen LogP contribution is 2.41. The van der Waals surface area contributed by atoms with E-state index in [1.807, 2.05) is 11.1 Å². The smallest absolute Gasteiger partial charge is 0.230 e. The summed E-state index contributed by atoms with van der Waals surface area (Å²) in [6.45, 7) is 2.75. The molecule has 3 rings (SSSR count). The minimum atomic E-state index is -0.255. The second-order valence-corrected chi connectivity index (χ2v) is 5.10. The number of nitrogens with two attached hydrogens (primary N) is 1. The summed E-state index contributed by atoms with van der Waals surface area (Å²) < 4.78 is 2.11. The highest BCUT2D eigenvalue weighted by Gasteiger charge is 2.45. The molecular weight excluding hydrogens is 216 g/mol. The Morgan fingerprint density at radius 2 is 2.29 bits per heavy atom. The molecule has 1 fully saturated rings. The molecule has 1 aromatic rings. The largest absolute Gasteiger partial charge is 0.333 e. The van der Waals surface area contributed by atoms with Crippen LogP contribution >= 0.6 is 0 Å². The molecule has 1 aliphatic heterocycles. The molecule has 17 heavy (non-hydrogen) atoms. The fourth-order valence-corrected chi connectivity index (χ4v) is 2.79. The van der Waals surface area contributed by atoms with Crippen molar-refractivity contribution in [2.45, 2.75) is 32.4 Å². The Balaban J connectivity index is 1.76. The summed E-state index contributed by atoms with van der Waals surface area (Å²) in [5, 5.41) is 0. The number of carbonyl (C=O) groups excluding carboxylic acids is 1. The van der Waals surface area contributed by atoms with Gasteiger partial charge >= 0.3 is 0 Å². The molecule has 1 amide bonds. The van der Waals surface area contributed by atoms with E-state index in [0.29, 0.717) is 13.1 Å². The topological polar surface area (TPSA) is 64.2 Å². The van der Waals surface area contributed by atoms with Crippen LogP contribution in [0.15, 0.2) is 12.4 Å². The lowest BCUT2D eigenvalue weighted by atomic mass is 9.67. The minimum Gasteiger partial charge on any atom is -0.333 e. The molecule has 0 bridgehead atoms. The van der Waals surface area contributed by atoms with Crippen LogP contribution in [0.5, 0.6) is 0 Å². The van der Waals surface area contributed by atoms with Gasteiger partial charge in [-0.15, -0.1) is 0 Å². The van der Waals surface area contributed by atoms with Crippen molar-refractivity contribution in [3.05, 3.63) is 18.2 Å². The third-order valence-corrected chi connectivity index (χ3v) is 4.19. The highest BCUT2D eigenvalue weighted by atomic mass is 16.2. The summed E-state index contributed by atoms with van der Waals surface area (Å²) in [5.41, 5.74) is 5.53. The first kappa shape index (κ1) is 10.8. The van der Waals surface area contributed by atoms with Gasteiger partial charge in [0.2, 0.25) is 5.91 Å². The van der Waals surface area contributed by atoms with Gasteiger partial charge in [0.25, 0.3) is 0 Å². The number of hydrogen-bond donors (Lipinski definition) is 1. The normalized spacial score (nSPS) is 21.8. The molecule has 5 nitrogen and oxygen atoms in total. The minimum absolute atomic E-state index is 0.237. The molecule has 2 N–H and O–H groups in total. The molecule has 2 aliphatic rings. The van der Waals surface area contributed by atoms with Crippen LogP contribution in [-0.2, 0) is 17.9 Å². The predicted octanol–water partition coefficient (Wildman–Crippen LogP) is 0.354. The molecule has 0 radical (unpaired) electrons. The van der Waals surface area contributed by atoms with Crippen molar-refractivity contribution < 1.29 is 4.79 Å². The number of hydrogen-bond acceptors (Lipinski definition) is 3. The van der Waals surface area contributed by atoms with E-state index < -0.39 is 0 Å². The lowest BCUT2D eigenvalue weighted by Crippen LogP contribution is -2.53. The maximum absolute atomic E-state index is 12.5. The molecule has 0 unspecified atom stereocenters. The van der Waals surface area contributed by atoms with Crippen molar-refractivity contribution in [3.63, 3.8) is 0 Å². The van der Waals surface area contributed by atoms with Crippen LogP contribution < -0.4 is 5.73 Å². The quantitative estimate of drug-likeness (QED) is 0.803. The van der Waals surface area contributed by atoms with Gasteiger partial charge in [0.1, 0.15) is 5.82 Å². The zero-order chi connectivity index (χ0) is 11.9. The molecule has 92 valence electrons. The Morgan fingerprint density at radius 1 is 1.47 bits per heavy atom. The second-order valence-electron chi connectivity index (χ2n) is 5.10. The third-order valence-electron chi connectivity index (χ3n) is 4.19. The van der Waals surface area contributed by atoms with Crippen molar-refractivity contribution in [1.29, 1.82) is 0 Å². The van der Waals surface area contributed by atoms with Gasteiger partial charge in [0.15, 0.2) is 0 Å². The van der Waals surface area contributed by atoms with Crippen LogP contribution in [0.3, 0.4) is 0 Å². The summed E-state index contributed by atoms with van der Waals surface area (Å²) in [6, 6.07) is 0. The summed E-state index contributed by atoms with van der Waals surface area (Å²) in [7, 11) is 0. The van der Waals surface area contributed by atoms with Gasteiger partial charge < -0.3 is 15.2 Å². The number of imidazole rings is 1. The van der Waals surface area contributed by atoms with Crippen molar-refractivity contribution in [3.8, 4) is 0 Å². The maximum Gasteiger partial charge on any atom is 0.230 e. The summed E-state index contributed by atoms with van der Waals surface area (Å²) in [5.74, 6) is 1.22. The van der Waals surface area contributed by atoms with Crippen LogP contribution in [0.4, 0.5) is 0 Å². The average Bonchev–Trinajstić information content (AvgIpc) is 2.74. The number of fused-ring (bicyclic) bond motifs is 1. The van der Waals surface area contributed by atoms with Gasteiger partial charge in [-0.1, -0.05) is 6.42 Å². The number of rotatable bonds is 2. The Hall–Kier alpha value is -1.36. The molecule has 0 aromatic carbocycles. The van der Waals surface area contributed by atoms with E-state index in [-0.39, 0.29) is 11.3 Å². The van der Waals surface area contributed by atoms with Gasteiger partial charge in [0, 0.05) is 32.0 Å². The standard InChI is InChI=1S/C12H18N4O/c13-9-12(2-1-3-12)11(17)16-7-6-15-5-4-14-10(15)8-16/h4-5H,1-3,6-9,13H2. The molecule has 5 heteroatoms. The van der Waals surface area contributed by atoms with E-state index in [4.69, 9.17) is 5.73 Å². The first-order valence-corrected chi connectivity index (χ1v) is 6.25. The van der Waals surface area contributed by atoms with Gasteiger partial charge in [-0.05, 0) is 12.8 Å². The molecule has 0 spiro atoms. The summed E-state index contributed by atoms with van der Waals surface area (Å²) in [4.78, 5) is 18.7. The lowest BCUT2D eigenvalue weighted by Gasteiger charge is -2.43. The zero-order valence-electron chi connectivity index (χ0n) is 9.93. The maximum atomic E-state index is 12.5. The van der Waals surface area contributed by atoms with E-state index in [0.717, 1.165) is 38.2 Å². The van der Waals surface area contributed by atoms with Gasteiger partial charge in [-0.3, -0.25) is 4.79 Å². The molecule has 1 saturated carbocycles. The van der Waals surface area contributed by atoms with Crippen LogP contribution in [0.2, 0.25) is 0 Å². The number of nitrogens with zero attached hydrogens (tertiary/aromatic N) is 3. The predicted molar refractivity (Wildman–Crippen MR) is 63.0 cm³/mol. The van der Waals surface area contributed by atoms with E-state index >= 15 is 0 Å². The number of amides is 1. The highest BCUT2D eigenvalue weighted by molar-refractivity contribution is 5.84.